The van der Waals surface area contributed by atoms with E-state index >= 15 is 0 Å². The molecule has 2 heterocycles. The van der Waals surface area contributed by atoms with Crippen molar-refractivity contribution in [3.8, 4) is 0 Å². The number of hydrogen-bond donors (Lipinski definition) is 1. The van der Waals surface area contributed by atoms with E-state index in [9.17, 15) is 4.79 Å². The molecule has 1 atom stereocenters. The Morgan fingerprint density at radius 2 is 2.12 bits per heavy atom. The van der Waals surface area contributed by atoms with Crippen LogP contribution in [0, 0.1) is 6.92 Å². The Morgan fingerprint density at radius 1 is 1.33 bits per heavy atom. The second kappa shape index (κ2) is 7.40. The van der Waals surface area contributed by atoms with Crippen LogP contribution in [-0.4, -0.2) is 26.5 Å². The molecule has 0 aliphatic heterocycles. The predicted molar refractivity (Wildman–Crippen MR) is 95.3 cm³/mol. The summed E-state index contributed by atoms with van der Waals surface area (Å²) in [4.78, 5) is 21.8. The van der Waals surface area contributed by atoms with Crippen molar-refractivity contribution in [2.45, 2.75) is 32.9 Å². The molecule has 0 saturated heterocycles. The van der Waals surface area contributed by atoms with Crippen LogP contribution >= 0.6 is 11.3 Å². The van der Waals surface area contributed by atoms with Crippen LogP contribution < -0.4 is 5.32 Å². The number of carbonyl (C=O) groups is 1. The molecular weight excluding hydrogens is 320 g/mol. The van der Waals surface area contributed by atoms with Crippen molar-refractivity contribution in [2.75, 3.05) is 0 Å². The fraction of sp³-hybridized carbons (Fsp3) is 0.278. The molecule has 1 amide bonds. The lowest BCUT2D eigenvalue weighted by molar-refractivity contribution is 0.0940. The van der Waals surface area contributed by atoms with Crippen molar-refractivity contribution in [2.24, 2.45) is 0 Å². The van der Waals surface area contributed by atoms with Gasteiger partial charge in [0.2, 0.25) is 0 Å². The Labute approximate surface area is 145 Å². The third kappa shape index (κ3) is 4.08. The highest BCUT2D eigenvalue weighted by molar-refractivity contribution is 7.13. The molecule has 2 aromatic heterocycles. The fourth-order valence-corrected chi connectivity index (χ4v) is 3.56. The first-order valence-corrected chi connectivity index (χ1v) is 8.70. The van der Waals surface area contributed by atoms with Crippen molar-refractivity contribution in [3.05, 3.63) is 70.2 Å². The van der Waals surface area contributed by atoms with Crippen molar-refractivity contribution in [1.29, 1.82) is 0 Å². The number of benzene rings is 1. The summed E-state index contributed by atoms with van der Waals surface area (Å²) >= 11 is 1.47. The fourth-order valence-electron chi connectivity index (χ4n) is 2.55. The van der Waals surface area contributed by atoms with Crippen LogP contribution in [0.4, 0.5) is 0 Å². The lowest BCUT2D eigenvalue weighted by atomic mass is 10.2. The summed E-state index contributed by atoms with van der Waals surface area (Å²) in [5.74, 6) is -0.0584. The number of rotatable bonds is 6. The lowest BCUT2D eigenvalue weighted by Crippen LogP contribution is -2.35. The van der Waals surface area contributed by atoms with E-state index in [0.29, 0.717) is 11.4 Å². The summed E-state index contributed by atoms with van der Waals surface area (Å²) in [5.41, 5.74) is 1.99. The van der Waals surface area contributed by atoms with Gasteiger partial charge in [0.25, 0.3) is 5.91 Å². The molecule has 0 bridgehead atoms. The minimum absolute atomic E-state index is 0.0192. The van der Waals surface area contributed by atoms with Gasteiger partial charge in [-0.2, -0.15) is 0 Å². The van der Waals surface area contributed by atoms with Crippen molar-refractivity contribution in [3.63, 3.8) is 0 Å². The average molecular weight is 340 g/mol. The number of aryl methyl sites for hydroxylation is 1. The van der Waals surface area contributed by atoms with Crippen LogP contribution in [0.5, 0.6) is 0 Å². The third-order valence-corrected chi connectivity index (χ3v) is 4.82. The molecule has 0 unspecified atom stereocenters. The Kier molecular flexibility index (Phi) is 5.05. The zero-order valence-electron chi connectivity index (χ0n) is 13.8. The number of imidazole rings is 1. The van der Waals surface area contributed by atoms with Crippen molar-refractivity contribution in [1.82, 2.24) is 19.9 Å². The van der Waals surface area contributed by atoms with Crippen LogP contribution in [0.3, 0.4) is 0 Å². The Hall–Kier alpha value is -2.47. The van der Waals surface area contributed by atoms with E-state index in [2.05, 4.69) is 27.4 Å². The zero-order chi connectivity index (χ0) is 16.9. The SMILES string of the molecule is Cc1nc(Cc2ccccc2)sc1C(=O)N[C@@H](C)Cn1ccnc1. The summed E-state index contributed by atoms with van der Waals surface area (Å²) in [6.07, 6.45) is 6.12. The number of hydrogen-bond acceptors (Lipinski definition) is 4. The molecule has 0 aliphatic carbocycles. The quantitative estimate of drug-likeness (QED) is 0.750. The molecule has 0 aliphatic rings. The highest BCUT2D eigenvalue weighted by Crippen LogP contribution is 2.21. The highest BCUT2D eigenvalue weighted by atomic mass is 32.1. The zero-order valence-corrected chi connectivity index (χ0v) is 14.6. The van der Waals surface area contributed by atoms with E-state index in [0.717, 1.165) is 17.1 Å². The number of thiazole rings is 1. The summed E-state index contributed by atoms with van der Waals surface area (Å²) in [6.45, 7) is 4.57. The maximum Gasteiger partial charge on any atom is 0.263 e. The average Bonchev–Trinajstić information content (AvgIpc) is 3.18. The molecule has 3 aromatic rings. The number of carbonyl (C=O) groups excluding carboxylic acids is 1. The van der Waals surface area contributed by atoms with Gasteiger partial charge in [0.15, 0.2) is 0 Å². The normalized spacial score (nSPS) is 12.1. The second-order valence-electron chi connectivity index (χ2n) is 5.82. The van der Waals surface area contributed by atoms with E-state index in [1.54, 1.807) is 12.5 Å². The molecule has 24 heavy (non-hydrogen) atoms. The molecule has 0 saturated carbocycles. The van der Waals surface area contributed by atoms with Crippen LogP contribution in [0.1, 0.15) is 32.9 Å². The van der Waals surface area contributed by atoms with Gasteiger partial charge in [-0.1, -0.05) is 30.3 Å². The second-order valence-corrected chi connectivity index (χ2v) is 6.90. The maximum absolute atomic E-state index is 12.5. The maximum atomic E-state index is 12.5. The molecular formula is C18H20N4OS. The first-order valence-electron chi connectivity index (χ1n) is 7.88. The van der Waals surface area contributed by atoms with Crippen LogP contribution in [0.2, 0.25) is 0 Å². The van der Waals surface area contributed by atoms with E-state index in [1.165, 1.54) is 16.9 Å². The Balaban J connectivity index is 1.64. The van der Waals surface area contributed by atoms with Gasteiger partial charge in [0, 0.05) is 31.4 Å². The van der Waals surface area contributed by atoms with Crippen LogP contribution in [-0.2, 0) is 13.0 Å². The van der Waals surface area contributed by atoms with Crippen molar-refractivity contribution >= 4 is 17.2 Å². The first-order chi connectivity index (χ1) is 11.6. The number of aromatic nitrogens is 3. The van der Waals surface area contributed by atoms with E-state index in [1.807, 2.05) is 42.8 Å². The van der Waals surface area contributed by atoms with Gasteiger partial charge in [-0.3, -0.25) is 4.79 Å². The Morgan fingerprint density at radius 3 is 2.83 bits per heavy atom. The molecule has 0 radical (unpaired) electrons. The van der Waals surface area contributed by atoms with Gasteiger partial charge in [-0.15, -0.1) is 11.3 Å². The minimum atomic E-state index is -0.0584. The summed E-state index contributed by atoms with van der Waals surface area (Å²) in [6, 6.07) is 10.2. The summed E-state index contributed by atoms with van der Waals surface area (Å²) < 4.78 is 1.95. The molecule has 3 rings (SSSR count). The summed E-state index contributed by atoms with van der Waals surface area (Å²) in [7, 11) is 0. The number of nitrogens with one attached hydrogen (secondary N) is 1. The number of nitrogens with zero attached hydrogens (tertiary/aromatic N) is 3. The van der Waals surface area contributed by atoms with Crippen LogP contribution in [0.25, 0.3) is 0 Å². The minimum Gasteiger partial charge on any atom is -0.347 e. The lowest BCUT2D eigenvalue weighted by Gasteiger charge is -2.13. The molecule has 124 valence electrons. The van der Waals surface area contributed by atoms with Gasteiger partial charge in [0.1, 0.15) is 4.88 Å². The molecule has 1 N–H and O–H groups in total. The summed E-state index contributed by atoms with van der Waals surface area (Å²) in [5, 5.41) is 4.00. The van der Waals surface area contributed by atoms with Gasteiger partial charge >= 0.3 is 0 Å². The third-order valence-electron chi connectivity index (χ3n) is 3.67. The molecule has 6 heteroatoms. The monoisotopic (exact) mass is 340 g/mol. The molecule has 0 spiro atoms. The first kappa shape index (κ1) is 16.4. The van der Waals surface area contributed by atoms with E-state index in [4.69, 9.17) is 0 Å². The Bertz CT molecular complexity index is 796. The smallest absolute Gasteiger partial charge is 0.263 e. The van der Waals surface area contributed by atoms with Gasteiger partial charge in [-0.25, -0.2) is 9.97 Å². The topological polar surface area (TPSA) is 59.8 Å². The predicted octanol–water partition coefficient (Wildman–Crippen LogP) is 3.06. The highest BCUT2D eigenvalue weighted by Gasteiger charge is 2.17. The van der Waals surface area contributed by atoms with Gasteiger partial charge < -0.3 is 9.88 Å². The van der Waals surface area contributed by atoms with Gasteiger partial charge in [0.05, 0.1) is 17.0 Å². The molecule has 5 nitrogen and oxygen atoms in total. The largest absolute Gasteiger partial charge is 0.347 e. The standard InChI is InChI=1S/C18H20N4OS/c1-13(11-22-9-8-19-12-22)20-18(23)17-14(2)21-16(24-17)10-15-6-4-3-5-7-15/h3-9,12-13H,10-11H2,1-2H3,(H,20,23)/t13-/m0/s1. The number of amides is 1. The molecule has 0 fully saturated rings. The van der Waals surface area contributed by atoms with E-state index in [-0.39, 0.29) is 11.9 Å². The molecule has 1 aromatic carbocycles. The van der Waals surface area contributed by atoms with Crippen molar-refractivity contribution < 1.29 is 4.79 Å². The van der Waals surface area contributed by atoms with Gasteiger partial charge in [-0.05, 0) is 19.4 Å². The van der Waals surface area contributed by atoms with Crippen LogP contribution in [0.15, 0.2) is 49.1 Å². The van der Waals surface area contributed by atoms with E-state index < -0.39 is 0 Å².